The highest BCUT2D eigenvalue weighted by molar-refractivity contribution is 6.30. The molecule has 7 heteroatoms. The minimum atomic E-state index is -0.160. The zero-order valence-electron chi connectivity index (χ0n) is 11.5. The second-order valence-corrected chi connectivity index (χ2v) is 5.60. The molecule has 21 heavy (non-hydrogen) atoms. The van der Waals surface area contributed by atoms with Gasteiger partial charge in [0.25, 0.3) is 5.91 Å². The molecule has 1 aliphatic carbocycles. The van der Waals surface area contributed by atoms with E-state index in [2.05, 4.69) is 20.8 Å². The lowest BCUT2D eigenvalue weighted by Crippen LogP contribution is -2.25. The molecule has 1 N–H and O–H groups in total. The summed E-state index contributed by atoms with van der Waals surface area (Å²) >= 11 is 5.81. The number of carbonyl (C=O) groups is 1. The molecule has 0 saturated heterocycles. The van der Waals surface area contributed by atoms with E-state index in [1.54, 1.807) is 24.3 Å². The zero-order chi connectivity index (χ0) is 14.7. The molecule has 0 unspecified atom stereocenters. The molecule has 1 aliphatic rings. The monoisotopic (exact) mass is 305 g/mol. The molecular formula is C14H16ClN5O. The fourth-order valence-corrected chi connectivity index (χ4v) is 2.75. The Kier molecular flexibility index (Phi) is 4.15. The molecule has 0 spiro atoms. The summed E-state index contributed by atoms with van der Waals surface area (Å²) in [7, 11) is 0. The highest BCUT2D eigenvalue weighted by atomic mass is 35.5. The molecule has 0 radical (unpaired) electrons. The summed E-state index contributed by atoms with van der Waals surface area (Å²) in [6.45, 7) is 0.324. The predicted octanol–water partition coefficient (Wildman–Crippen LogP) is 2.37. The first-order valence-electron chi connectivity index (χ1n) is 7.04. The van der Waals surface area contributed by atoms with Gasteiger partial charge in [-0.1, -0.05) is 24.4 Å². The topological polar surface area (TPSA) is 72.7 Å². The second-order valence-electron chi connectivity index (χ2n) is 5.17. The number of nitrogens with one attached hydrogen (secondary N) is 1. The molecule has 1 saturated carbocycles. The Bertz CT molecular complexity index is 619. The van der Waals surface area contributed by atoms with Gasteiger partial charge in [0.2, 0.25) is 0 Å². The number of rotatable bonds is 4. The lowest BCUT2D eigenvalue weighted by atomic mass is 10.2. The smallest absolute Gasteiger partial charge is 0.251 e. The van der Waals surface area contributed by atoms with Crippen molar-refractivity contribution >= 4 is 17.5 Å². The molecule has 110 valence electrons. The number of nitrogens with zero attached hydrogens (tertiary/aromatic N) is 4. The number of benzene rings is 1. The minimum Gasteiger partial charge on any atom is -0.345 e. The van der Waals surface area contributed by atoms with Crippen molar-refractivity contribution in [2.75, 3.05) is 0 Å². The number of amides is 1. The van der Waals surface area contributed by atoms with Gasteiger partial charge in [-0.25, -0.2) is 4.68 Å². The van der Waals surface area contributed by atoms with Crippen molar-refractivity contribution in [3.05, 3.63) is 40.7 Å². The molecule has 1 amide bonds. The van der Waals surface area contributed by atoms with Crippen LogP contribution in [0.4, 0.5) is 0 Å². The molecule has 0 aliphatic heterocycles. The summed E-state index contributed by atoms with van der Waals surface area (Å²) in [6, 6.07) is 7.13. The number of hydrogen-bond donors (Lipinski definition) is 1. The van der Waals surface area contributed by atoms with Crippen LogP contribution in [0.1, 0.15) is 47.9 Å². The van der Waals surface area contributed by atoms with Crippen LogP contribution >= 0.6 is 11.6 Å². The third-order valence-electron chi connectivity index (χ3n) is 3.75. The van der Waals surface area contributed by atoms with E-state index in [-0.39, 0.29) is 5.91 Å². The first-order valence-corrected chi connectivity index (χ1v) is 7.42. The van der Waals surface area contributed by atoms with Crippen molar-refractivity contribution in [2.24, 2.45) is 0 Å². The average Bonchev–Trinajstić information content (AvgIpc) is 3.16. The SMILES string of the molecule is O=C(NCc1nnnn1C1CCCC1)c1ccc(Cl)cc1. The van der Waals surface area contributed by atoms with Crippen LogP contribution in [0.3, 0.4) is 0 Å². The summed E-state index contributed by atoms with van der Waals surface area (Å²) in [5, 5.41) is 15.2. The van der Waals surface area contributed by atoms with E-state index in [0.29, 0.717) is 29.0 Å². The van der Waals surface area contributed by atoms with Crippen LogP contribution in [0, 0.1) is 0 Å². The minimum absolute atomic E-state index is 0.160. The molecule has 1 fully saturated rings. The average molecular weight is 306 g/mol. The lowest BCUT2D eigenvalue weighted by Gasteiger charge is -2.11. The largest absolute Gasteiger partial charge is 0.345 e. The quantitative estimate of drug-likeness (QED) is 0.941. The van der Waals surface area contributed by atoms with Gasteiger partial charge >= 0.3 is 0 Å². The van der Waals surface area contributed by atoms with E-state index >= 15 is 0 Å². The number of aromatic nitrogens is 4. The van der Waals surface area contributed by atoms with Gasteiger partial charge in [0.1, 0.15) is 0 Å². The van der Waals surface area contributed by atoms with Crippen molar-refractivity contribution in [2.45, 2.75) is 38.3 Å². The summed E-state index contributed by atoms with van der Waals surface area (Å²) in [4.78, 5) is 12.1. The number of hydrogen-bond acceptors (Lipinski definition) is 4. The van der Waals surface area contributed by atoms with E-state index in [0.717, 1.165) is 12.8 Å². The highest BCUT2D eigenvalue weighted by Gasteiger charge is 2.21. The molecule has 1 heterocycles. The van der Waals surface area contributed by atoms with Crippen molar-refractivity contribution in [3.8, 4) is 0 Å². The summed E-state index contributed by atoms with van der Waals surface area (Å²) in [6.07, 6.45) is 4.62. The van der Waals surface area contributed by atoms with Crippen LogP contribution in [0.15, 0.2) is 24.3 Å². The Hall–Kier alpha value is -1.95. The van der Waals surface area contributed by atoms with Crippen molar-refractivity contribution in [1.29, 1.82) is 0 Å². The Morgan fingerprint density at radius 2 is 2.00 bits per heavy atom. The highest BCUT2D eigenvalue weighted by Crippen LogP contribution is 2.28. The standard InChI is InChI=1S/C14H16ClN5O/c15-11-7-5-10(6-8-11)14(21)16-9-13-17-18-19-20(13)12-3-1-2-4-12/h5-8,12H,1-4,9H2,(H,16,21). The van der Waals surface area contributed by atoms with Crippen LogP contribution in [-0.4, -0.2) is 26.1 Å². The maximum Gasteiger partial charge on any atom is 0.251 e. The van der Waals surface area contributed by atoms with Crippen LogP contribution in [0.25, 0.3) is 0 Å². The summed E-state index contributed by atoms with van der Waals surface area (Å²) < 4.78 is 1.84. The van der Waals surface area contributed by atoms with E-state index < -0.39 is 0 Å². The molecule has 1 aromatic heterocycles. The second kappa shape index (κ2) is 6.22. The third-order valence-corrected chi connectivity index (χ3v) is 4.00. The van der Waals surface area contributed by atoms with E-state index in [9.17, 15) is 4.79 Å². The third kappa shape index (κ3) is 3.21. The normalized spacial score (nSPS) is 15.3. The van der Waals surface area contributed by atoms with Gasteiger partial charge in [0.05, 0.1) is 12.6 Å². The maximum absolute atomic E-state index is 12.1. The van der Waals surface area contributed by atoms with Gasteiger partial charge in [-0.2, -0.15) is 0 Å². The zero-order valence-corrected chi connectivity index (χ0v) is 12.3. The molecular weight excluding hydrogens is 290 g/mol. The Labute approximate surface area is 127 Å². The van der Waals surface area contributed by atoms with Gasteiger partial charge in [-0.15, -0.1) is 5.10 Å². The van der Waals surface area contributed by atoms with Gasteiger partial charge in [0.15, 0.2) is 5.82 Å². The molecule has 1 aromatic carbocycles. The van der Waals surface area contributed by atoms with E-state index in [1.807, 2.05) is 4.68 Å². The maximum atomic E-state index is 12.1. The lowest BCUT2D eigenvalue weighted by molar-refractivity contribution is 0.0949. The van der Waals surface area contributed by atoms with Crippen molar-refractivity contribution < 1.29 is 4.79 Å². The summed E-state index contributed by atoms with van der Waals surface area (Å²) in [5.74, 6) is 0.539. The number of carbonyl (C=O) groups excluding carboxylic acids is 1. The molecule has 0 bridgehead atoms. The van der Waals surface area contributed by atoms with E-state index in [1.165, 1.54) is 12.8 Å². The van der Waals surface area contributed by atoms with Crippen LogP contribution in [0.5, 0.6) is 0 Å². The molecule has 3 rings (SSSR count). The van der Waals surface area contributed by atoms with E-state index in [4.69, 9.17) is 11.6 Å². The predicted molar refractivity (Wildman–Crippen MR) is 77.9 cm³/mol. The van der Waals surface area contributed by atoms with Crippen LogP contribution in [-0.2, 0) is 6.54 Å². The first kappa shape index (κ1) is 14.0. The van der Waals surface area contributed by atoms with Gasteiger partial charge in [-0.3, -0.25) is 4.79 Å². The Morgan fingerprint density at radius 3 is 2.71 bits per heavy atom. The Morgan fingerprint density at radius 1 is 1.29 bits per heavy atom. The van der Waals surface area contributed by atoms with Gasteiger partial charge in [-0.05, 0) is 47.5 Å². The van der Waals surface area contributed by atoms with Crippen molar-refractivity contribution in [3.63, 3.8) is 0 Å². The summed E-state index contributed by atoms with van der Waals surface area (Å²) in [5.41, 5.74) is 0.569. The van der Waals surface area contributed by atoms with Gasteiger partial charge < -0.3 is 5.32 Å². The molecule has 6 nitrogen and oxygen atoms in total. The van der Waals surface area contributed by atoms with Crippen LogP contribution in [0.2, 0.25) is 5.02 Å². The van der Waals surface area contributed by atoms with Crippen molar-refractivity contribution in [1.82, 2.24) is 25.5 Å². The molecule has 0 atom stereocenters. The fourth-order valence-electron chi connectivity index (χ4n) is 2.62. The number of halogens is 1. The Balaban J connectivity index is 1.63. The first-order chi connectivity index (χ1) is 10.2. The van der Waals surface area contributed by atoms with Crippen LogP contribution < -0.4 is 5.32 Å². The molecule has 2 aromatic rings. The fraction of sp³-hybridized carbons (Fsp3) is 0.429. The van der Waals surface area contributed by atoms with Gasteiger partial charge in [0, 0.05) is 10.6 Å². The number of tetrazole rings is 1.